The summed E-state index contributed by atoms with van der Waals surface area (Å²) in [6.45, 7) is 0.865. The van der Waals surface area contributed by atoms with E-state index in [1.807, 2.05) is 0 Å². The van der Waals surface area contributed by atoms with Crippen LogP contribution in [0.15, 0.2) is 18.6 Å². The molecular formula is C10H12N4O3. The molecule has 1 aromatic rings. The second-order valence-corrected chi connectivity index (χ2v) is 3.60. The summed E-state index contributed by atoms with van der Waals surface area (Å²) in [6.07, 6.45) is 3.57. The minimum absolute atomic E-state index is 0.157. The van der Waals surface area contributed by atoms with Gasteiger partial charge >= 0.3 is 0 Å². The number of aromatic nitrogens is 2. The SMILES string of the molecule is NC(=O)[C@@H]1CN(C(=O)c2cnccn2)CCO1. The average Bonchev–Trinajstić information content (AvgIpc) is 2.39. The van der Waals surface area contributed by atoms with Gasteiger partial charge in [-0.2, -0.15) is 0 Å². The molecule has 7 nitrogen and oxygen atoms in total. The van der Waals surface area contributed by atoms with Crippen molar-refractivity contribution in [2.24, 2.45) is 5.73 Å². The fourth-order valence-electron chi connectivity index (χ4n) is 1.58. The molecule has 7 heteroatoms. The van der Waals surface area contributed by atoms with Gasteiger partial charge < -0.3 is 15.4 Å². The highest BCUT2D eigenvalue weighted by Gasteiger charge is 2.28. The third-order valence-electron chi connectivity index (χ3n) is 2.45. The lowest BCUT2D eigenvalue weighted by Crippen LogP contribution is -2.50. The summed E-state index contributed by atoms with van der Waals surface area (Å²) >= 11 is 0. The molecule has 1 fully saturated rings. The van der Waals surface area contributed by atoms with Crippen molar-refractivity contribution in [2.45, 2.75) is 6.10 Å². The average molecular weight is 236 g/mol. The monoisotopic (exact) mass is 236 g/mol. The minimum Gasteiger partial charge on any atom is -0.367 e. The van der Waals surface area contributed by atoms with Crippen molar-refractivity contribution in [2.75, 3.05) is 19.7 Å². The van der Waals surface area contributed by atoms with Gasteiger partial charge in [0.05, 0.1) is 19.3 Å². The lowest BCUT2D eigenvalue weighted by molar-refractivity contribution is -0.133. The molecule has 90 valence electrons. The molecule has 17 heavy (non-hydrogen) atoms. The molecule has 0 aliphatic carbocycles. The van der Waals surface area contributed by atoms with Gasteiger partial charge in [-0.25, -0.2) is 4.98 Å². The van der Waals surface area contributed by atoms with Crippen molar-refractivity contribution in [3.05, 3.63) is 24.3 Å². The van der Waals surface area contributed by atoms with Gasteiger partial charge in [0.15, 0.2) is 6.10 Å². The predicted molar refractivity (Wildman–Crippen MR) is 56.9 cm³/mol. The highest BCUT2D eigenvalue weighted by atomic mass is 16.5. The highest BCUT2D eigenvalue weighted by Crippen LogP contribution is 2.08. The highest BCUT2D eigenvalue weighted by molar-refractivity contribution is 5.92. The molecule has 2 amide bonds. The van der Waals surface area contributed by atoms with Gasteiger partial charge in [0.1, 0.15) is 5.69 Å². The van der Waals surface area contributed by atoms with Crippen LogP contribution in [0.25, 0.3) is 0 Å². The second kappa shape index (κ2) is 4.88. The van der Waals surface area contributed by atoms with E-state index < -0.39 is 12.0 Å². The summed E-state index contributed by atoms with van der Waals surface area (Å²) in [6, 6.07) is 0. The van der Waals surface area contributed by atoms with Crippen LogP contribution < -0.4 is 5.73 Å². The van der Waals surface area contributed by atoms with Gasteiger partial charge in [0.2, 0.25) is 5.91 Å². The summed E-state index contributed by atoms with van der Waals surface area (Å²) in [5, 5.41) is 0. The van der Waals surface area contributed by atoms with E-state index >= 15 is 0 Å². The number of rotatable bonds is 2. The number of morpholine rings is 1. The Morgan fingerprint density at radius 3 is 2.94 bits per heavy atom. The maximum Gasteiger partial charge on any atom is 0.274 e. The number of hydrogen-bond acceptors (Lipinski definition) is 5. The van der Waals surface area contributed by atoms with E-state index in [-0.39, 0.29) is 18.1 Å². The first-order valence-corrected chi connectivity index (χ1v) is 5.14. The maximum absolute atomic E-state index is 12.0. The molecule has 0 saturated carbocycles. The Balaban J connectivity index is 2.07. The normalized spacial score (nSPS) is 20.0. The van der Waals surface area contributed by atoms with Crippen LogP contribution in [0, 0.1) is 0 Å². The molecule has 2 heterocycles. The molecule has 1 saturated heterocycles. The minimum atomic E-state index is -0.746. The topological polar surface area (TPSA) is 98.4 Å². The number of primary amides is 1. The zero-order chi connectivity index (χ0) is 12.3. The first-order chi connectivity index (χ1) is 8.18. The van der Waals surface area contributed by atoms with Gasteiger partial charge in [-0.15, -0.1) is 0 Å². The first kappa shape index (κ1) is 11.5. The Morgan fingerprint density at radius 1 is 1.47 bits per heavy atom. The number of hydrogen-bond donors (Lipinski definition) is 1. The van der Waals surface area contributed by atoms with Crippen LogP contribution in [0.4, 0.5) is 0 Å². The first-order valence-electron chi connectivity index (χ1n) is 5.14. The number of amides is 2. The molecule has 0 spiro atoms. The maximum atomic E-state index is 12.0. The van der Waals surface area contributed by atoms with Crippen LogP contribution in [-0.2, 0) is 9.53 Å². The van der Waals surface area contributed by atoms with E-state index in [4.69, 9.17) is 10.5 Å². The van der Waals surface area contributed by atoms with E-state index in [1.165, 1.54) is 23.5 Å². The van der Waals surface area contributed by atoms with Gasteiger partial charge in [0.25, 0.3) is 5.91 Å². The zero-order valence-electron chi connectivity index (χ0n) is 9.07. The Morgan fingerprint density at radius 2 is 2.29 bits per heavy atom. The molecule has 0 bridgehead atoms. The standard InChI is InChI=1S/C10H12N4O3/c11-9(15)8-6-14(3-4-17-8)10(16)7-5-12-1-2-13-7/h1-2,5,8H,3-4,6H2,(H2,11,15)/t8-/m0/s1. The Bertz CT molecular complexity index is 423. The molecular weight excluding hydrogens is 224 g/mol. The van der Waals surface area contributed by atoms with Crippen molar-refractivity contribution >= 4 is 11.8 Å². The van der Waals surface area contributed by atoms with Crippen LogP contribution in [0.1, 0.15) is 10.5 Å². The summed E-state index contributed by atoms with van der Waals surface area (Å²) in [5.41, 5.74) is 5.39. The predicted octanol–water partition coefficient (Wildman–Crippen LogP) is -1.20. The number of ether oxygens (including phenoxy) is 1. The van der Waals surface area contributed by atoms with Crippen LogP contribution in [-0.4, -0.2) is 52.5 Å². The van der Waals surface area contributed by atoms with Crippen molar-refractivity contribution in [3.63, 3.8) is 0 Å². The number of carbonyl (C=O) groups is 2. The van der Waals surface area contributed by atoms with E-state index in [2.05, 4.69) is 9.97 Å². The van der Waals surface area contributed by atoms with Crippen LogP contribution in [0.5, 0.6) is 0 Å². The Kier molecular flexibility index (Phi) is 3.29. The molecule has 1 atom stereocenters. The fourth-order valence-corrected chi connectivity index (χ4v) is 1.58. The molecule has 1 aromatic heterocycles. The third-order valence-corrected chi connectivity index (χ3v) is 2.45. The zero-order valence-corrected chi connectivity index (χ0v) is 9.07. The Labute approximate surface area is 97.6 Å². The van der Waals surface area contributed by atoms with Crippen LogP contribution in [0.2, 0.25) is 0 Å². The molecule has 2 rings (SSSR count). The summed E-state index contributed by atoms with van der Waals surface area (Å²) in [4.78, 5) is 32.2. The van der Waals surface area contributed by atoms with Crippen LogP contribution >= 0.6 is 0 Å². The summed E-state index contributed by atoms with van der Waals surface area (Å²) in [5.74, 6) is -0.839. The molecule has 0 radical (unpaired) electrons. The fraction of sp³-hybridized carbons (Fsp3) is 0.400. The quantitative estimate of drug-likeness (QED) is 0.695. The van der Waals surface area contributed by atoms with E-state index in [0.29, 0.717) is 13.2 Å². The van der Waals surface area contributed by atoms with Gasteiger partial charge in [-0.3, -0.25) is 14.6 Å². The third kappa shape index (κ3) is 2.56. The van der Waals surface area contributed by atoms with E-state index in [9.17, 15) is 9.59 Å². The lowest BCUT2D eigenvalue weighted by Gasteiger charge is -2.30. The molecule has 2 N–H and O–H groups in total. The number of carbonyl (C=O) groups excluding carboxylic acids is 2. The summed E-state index contributed by atoms with van der Waals surface area (Å²) in [7, 11) is 0. The smallest absolute Gasteiger partial charge is 0.274 e. The molecule has 0 unspecified atom stereocenters. The van der Waals surface area contributed by atoms with Crippen molar-refractivity contribution in [1.29, 1.82) is 0 Å². The van der Waals surface area contributed by atoms with Gasteiger partial charge in [-0.05, 0) is 0 Å². The Hall–Kier alpha value is -2.02. The number of nitrogens with two attached hydrogens (primary N) is 1. The number of nitrogens with zero attached hydrogens (tertiary/aromatic N) is 3. The lowest BCUT2D eigenvalue weighted by atomic mass is 10.2. The summed E-state index contributed by atoms with van der Waals surface area (Å²) < 4.78 is 5.15. The molecule has 1 aliphatic heterocycles. The van der Waals surface area contributed by atoms with Crippen molar-refractivity contribution < 1.29 is 14.3 Å². The van der Waals surface area contributed by atoms with Crippen LogP contribution in [0.3, 0.4) is 0 Å². The van der Waals surface area contributed by atoms with Crippen molar-refractivity contribution in [1.82, 2.24) is 14.9 Å². The van der Waals surface area contributed by atoms with E-state index in [1.54, 1.807) is 0 Å². The van der Waals surface area contributed by atoms with Gasteiger partial charge in [0, 0.05) is 18.9 Å². The molecule has 0 aromatic carbocycles. The van der Waals surface area contributed by atoms with Crippen molar-refractivity contribution in [3.8, 4) is 0 Å². The largest absolute Gasteiger partial charge is 0.367 e. The van der Waals surface area contributed by atoms with Gasteiger partial charge in [-0.1, -0.05) is 0 Å². The van der Waals surface area contributed by atoms with E-state index in [0.717, 1.165) is 0 Å². The second-order valence-electron chi connectivity index (χ2n) is 3.60. The molecule has 1 aliphatic rings.